The van der Waals surface area contributed by atoms with E-state index in [0.717, 1.165) is 22.0 Å². The van der Waals surface area contributed by atoms with Gasteiger partial charge in [0.1, 0.15) is 5.60 Å². The number of sulfonamides is 1. The maximum absolute atomic E-state index is 12.9. The quantitative estimate of drug-likeness (QED) is 0.584. The maximum Gasteiger partial charge on any atom is 0.410 e. The van der Waals surface area contributed by atoms with Gasteiger partial charge in [-0.25, -0.2) is 17.5 Å². The standard InChI is InChI=1S/C23H27BrN2O4S/c1-2-18-6-8-19(9-7-18)16-31(28,29)26-12-10-23(11-13-26)17-25(22(27)30-23)15-20-4-3-5-21(24)14-20/h3-9,14H,2,10-13,15-17H2,1H3. The van der Waals surface area contributed by atoms with Crippen LogP contribution < -0.4 is 0 Å². The predicted octanol–water partition coefficient (Wildman–Crippen LogP) is 4.33. The minimum absolute atomic E-state index is 0.00120. The van der Waals surface area contributed by atoms with Crippen LogP contribution in [0.1, 0.15) is 36.5 Å². The summed E-state index contributed by atoms with van der Waals surface area (Å²) >= 11 is 3.46. The zero-order valence-electron chi connectivity index (χ0n) is 17.6. The first-order chi connectivity index (χ1) is 14.8. The number of amides is 1. The lowest BCUT2D eigenvalue weighted by Gasteiger charge is -2.36. The summed E-state index contributed by atoms with van der Waals surface area (Å²) in [6, 6.07) is 15.6. The number of hydrogen-bond donors (Lipinski definition) is 0. The van der Waals surface area contributed by atoms with Gasteiger partial charge < -0.3 is 4.74 Å². The van der Waals surface area contributed by atoms with Crippen LogP contribution >= 0.6 is 15.9 Å². The Hall–Kier alpha value is -1.90. The molecule has 0 aliphatic carbocycles. The number of carbonyl (C=O) groups excluding carboxylic acids is 1. The first-order valence-electron chi connectivity index (χ1n) is 10.6. The molecule has 2 saturated heterocycles. The van der Waals surface area contributed by atoms with Gasteiger partial charge in [0, 0.05) is 36.9 Å². The van der Waals surface area contributed by atoms with Gasteiger partial charge in [-0.15, -0.1) is 0 Å². The summed E-state index contributed by atoms with van der Waals surface area (Å²) in [5.74, 6) is -0.00120. The summed E-state index contributed by atoms with van der Waals surface area (Å²) in [5, 5.41) is 0. The highest BCUT2D eigenvalue weighted by Crippen LogP contribution is 2.35. The maximum atomic E-state index is 12.9. The summed E-state index contributed by atoms with van der Waals surface area (Å²) < 4.78 is 34.1. The molecule has 1 amide bonds. The van der Waals surface area contributed by atoms with Crippen molar-refractivity contribution in [1.82, 2.24) is 9.21 Å². The molecule has 31 heavy (non-hydrogen) atoms. The Morgan fingerprint density at radius 3 is 2.35 bits per heavy atom. The fourth-order valence-electron chi connectivity index (χ4n) is 4.28. The van der Waals surface area contributed by atoms with E-state index >= 15 is 0 Å². The third kappa shape index (κ3) is 5.13. The molecule has 1 spiro atoms. The second-order valence-electron chi connectivity index (χ2n) is 8.36. The Morgan fingerprint density at radius 2 is 1.71 bits per heavy atom. The molecule has 6 nitrogen and oxygen atoms in total. The number of rotatable bonds is 6. The molecule has 2 aliphatic heterocycles. The van der Waals surface area contributed by atoms with Gasteiger partial charge in [-0.3, -0.25) is 4.90 Å². The van der Waals surface area contributed by atoms with Crippen molar-refractivity contribution >= 4 is 32.0 Å². The molecule has 8 heteroatoms. The molecule has 2 heterocycles. The summed E-state index contributed by atoms with van der Waals surface area (Å²) in [6.07, 6.45) is 1.63. The molecule has 0 N–H and O–H groups in total. The van der Waals surface area contributed by atoms with Crippen LogP contribution in [0.4, 0.5) is 4.79 Å². The van der Waals surface area contributed by atoms with E-state index < -0.39 is 15.6 Å². The summed E-state index contributed by atoms with van der Waals surface area (Å²) in [5.41, 5.74) is 2.41. The Labute approximate surface area is 192 Å². The highest BCUT2D eigenvalue weighted by atomic mass is 79.9. The van der Waals surface area contributed by atoms with E-state index in [1.807, 2.05) is 48.5 Å². The summed E-state index contributed by atoms with van der Waals surface area (Å²) in [6.45, 7) is 3.78. The number of carbonyl (C=O) groups is 1. The third-order valence-electron chi connectivity index (χ3n) is 6.11. The van der Waals surface area contributed by atoms with Gasteiger partial charge in [0.05, 0.1) is 12.3 Å². The van der Waals surface area contributed by atoms with Gasteiger partial charge in [-0.1, -0.05) is 59.3 Å². The van der Waals surface area contributed by atoms with Crippen LogP contribution in [0.2, 0.25) is 0 Å². The van der Waals surface area contributed by atoms with E-state index in [2.05, 4.69) is 22.9 Å². The number of piperidine rings is 1. The van der Waals surface area contributed by atoms with Crippen molar-refractivity contribution in [2.24, 2.45) is 0 Å². The number of aryl methyl sites for hydroxylation is 1. The number of halogens is 1. The van der Waals surface area contributed by atoms with Crippen molar-refractivity contribution in [3.63, 3.8) is 0 Å². The molecule has 0 saturated carbocycles. The van der Waals surface area contributed by atoms with E-state index in [4.69, 9.17) is 4.74 Å². The second-order valence-corrected chi connectivity index (χ2v) is 11.2. The molecule has 0 bridgehead atoms. The highest BCUT2D eigenvalue weighted by Gasteiger charge is 2.48. The second kappa shape index (κ2) is 8.92. The average Bonchev–Trinajstić information content (AvgIpc) is 3.03. The Kier molecular flexibility index (Phi) is 6.42. The zero-order chi connectivity index (χ0) is 22.1. The molecule has 2 aromatic carbocycles. The molecule has 0 aromatic heterocycles. The summed E-state index contributed by atoms with van der Waals surface area (Å²) in [4.78, 5) is 14.2. The minimum atomic E-state index is -3.41. The van der Waals surface area contributed by atoms with Crippen molar-refractivity contribution in [1.29, 1.82) is 0 Å². The zero-order valence-corrected chi connectivity index (χ0v) is 20.0. The van der Waals surface area contributed by atoms with Crippen LogP contribution in [0.3, 0.4) is 0 Å². The van der Waals surface area contributed by atoms with Gasteiger partial charge in [0.15, 0.2) is 0 Å². The van der Waals surface area contributed by atoms with Gasteiger partial charge in [0.25, 0.3) is 0 Å². The average molecular weight is 507 g/mol. The lowest BCUT2D eigenvalue weighted by Crippen LogP contribution is -2.48. The number of benzene rings is 2. The van der Waals surface area contributed by atoms with Crippen LogP contribution in [0.25, 0.3) is 0 Å². The van der Waals surface area contributed by atoms with E-state index in [9.17, 15) is 13.2 Å². The molecule has 2 fully saturated rings. The largest absolute Gasteiger partial charge is 0.441 e. The van der Waals surface area contributed by atoms with E-state index in [0.29, 0.717) is 39.0 Å². The molecular formula is C23H27BrN2O4S. The molecular weight excluding hydrogens is 480 g/mol. The van der Waals surface area contributed by atoms with Crippen molar-refractivity contribution in [2.45, 2.75) is 44.1 Å². The fraction of sp³-hybridized carbons (Fsp3) is 0.435. The molecule has 0 unspecified atom stereocenters. The normalized spacial score (nSPS) is 19.0. The lowest BCUT2D eigenvalue weighted by atomic mass is 9.92. The van der Waals surface area contributed by atoms with Crippen LogP contribution in [0, 0.1) is 0 Å². The fourth-order valence-corrected chi connectivity index (χ4v) is 6.26. The van der Waals surface area contributed by atoms with Crippen LogP contribution in [0.15, 0.2) is 53.0 Å². The Balaban J connectivity index is 1.36. The summed E-state index contributed by atoms with van der Waals surface area (Å²) in [7, 11) is -3.41. The monoisotopic (exact) mass is 506 g/mol. The molecule has 0 atom stereocenters. The molecule has 166 valence electrons. The first-order valence-corrected chi connectivity index (χ1v) is 13.0. The number of nitrogens with zero attached hydrogens (tertiary/aromatic N) is 2. The predicted molar refractivity (Wildman–Crippen MR) is 123 cm³/mol. The Morgan fingerprint density at radius 1 is 1.03 bits per heavy atom. The van der Waals surface area contributed by atoms with Crippen LogP contribution in [-0.2, 0) is 33.5 Å². The van der Waals surface area contributed by atoms with Gasteiger partial charge in [-0.05, 0) is 35.2 Å². The molecule has 4 rings (SSSR count). The van der Waals surface area contributed by atoms with E-state index in [-0.39, 0.29) is 11.8 Å². The topological polar surface area (TPSA) is 66.9 Å². The van der Waals surface area contributed by atoms with Crippen LogP contribution in [0.5, 0.6) is 0 Å². The first kappa shape index (κ1) is 22.3. The molecule has 2 aromatic rings. The van der Waals surface area contributed by atoms with Crippen molar-refractivity contribution in [3.05, 3.63) is 69.7 Å². The van der Waals surface area contributed by atoms with E-state index in [1.165, 1.54) is 9.87 Å². The van der Waals surface area contributed by atoms with Crippen molar-refractivity contribution in [3.8, 4) is 0 Å². The third-order valence-corrected chi connectivity index (χ3v) is 8.45. The van der Waals surface area contributed by atoms with E-state index in [1.54, 1.807) is 4.90 Å². The van der Waals surface area contributed by atoms with Gasteiger partial charge in [-0.2, -0.15) is 0 Å². The van der Waals surface area contributed by atoms with Crippen LogP contribution in [-0.4, -0.2) is 49.0 Å². The smallest absolute Gasteiger partial charge is 0.410 e. The number of hydrogen-bond acceptors (Lipinski definition) is 4. The SMILES string of the molecule is CCc1ccc(CS(=O)(=O)N2CCC3(CC2)CN(Cc2cccc(Br)c2)C(=O)O3)cc1. The van der Waals surface area contributed by atoms with Crippen molar-refractivity contribution in [2.75, 3.05) is 19.6 Å². The highest BCUT2D eigenvalue weighted by molar-refractivity contribution is 9.10. The lowest BCUT2D eigenvalue weighted by molar-refractivity contribution is 0.0172. The minimum Gasteiger partial charge on any atom is -0.441 e. The van der Waals surface area contributed by atoms with Gasteiger partial charge in [0.2, 0.25) is 10.0 Å². The number of ether oxygens (including phenoxy) is 1. The molecule has 0 radical (unpaired) electrons. The van der Waals surface area contributed by atoms with Gasteiger partial charge >= 0.3 is 6.09 Å². The van der Waals surface area contributed by atoms with Crippen molar-refractivity contribution < 1.29 is 17.9 Å². The Bertz CT molecular complexity index is 1050. The molecule has 2 aliphatic rings.